The van der Waals surface area contributed by atoms with E-state index in [1.54, 1.807) is 0 Å². The highest BCUT2D eigenvalue weighted by Crippen LogP contribution is 2.60. The van der Waals surface area contributed by atoms with Crippen LogP contribution in [0.1, 0.15) is 62.8 Å². The fourth-order valence-electron chi connectivity index (χ4n) is 7.37. The molecule has 7 heteroatoms. The Kier molecular flexibility index (Phi) is 5.86. The van der Waals surface area contributed by atoms with Gasteiger partial charge in [-0.1, -0.05) is 23.7 Å². The summed E-state index contributed by atoms with van der Waals surface area (Å²) in [5.41, 5.74) is 1.15. The summed E-state index contributed by atoms with van der Waals surface area (Å²) in [6, 6.07) is 7.90. The van der Waals surface area contributed by atoms with Crippen LogP contribution in [-0.2, 0) is 11.2 Å². The molecule has 1 aromatic heterocycles. The van der Waals surface area contributed by atoms with E-state index in [1.165, 1.54) is 36.4 Å². The van der Waals surface area contributed by atoms with Crippen LogP contribution in [0.2, 0.25) is 5.02 Å². The van der Waals surface area contributed by atoms with E-state index >= 15 is 0 Å². The molecule has 176 valence electrons. The molecule has 1 aliphatic heterocycles. The summed E-state index contributed by atoms with van der Waals surface area (Å²) >= 11 is 7.48. The van der Waals surface area contributed by atoms with Crippen molar-refractivity contribution in [1.82, 2.24) is 14.7 Å². The number of carbonyl (C=O) groups is 1. The molecule has 2 aromatic rings. The highest BCUT2D eigenvalue weighted by Gasteiger charge is 2.54. The van der Waals surface area contributed by atoms with E-state index in [4.69, 9.17) is 16.6 Å². The number of benzene rings is 1. The number of aromatic nitrogens is 2. The lowest BCUT2D eigenvalue weighted by molar-refractivity contribution is -0.146. The van der Waals surface area contributed by atoms with E-state index < -0.39 is 0 Å². The summed E-state index contributed by atoms with van der Waals surface area (Å²) in [6.45, 7) is 2.83. The molecule has 2 heterocycles. The van der Waals surface area contributed by atoms with Gasteiger partial charge in [0.25, 0.3) is 0 Å². The van der Waals surface area contributed by atoms with Crippen LogP contribution in [0.15, 0.2) is 24.3 Å². The van der Waals surface area contributed by atoms with Crippen LogP contribution < -0.4 is 10.2 Å². The SMILES string of the molecule is O=C(NCC1CCN(c2nc(Cc3ccc(Cl)cc3)ns2)CC1)C12CC3CC(CC(C3)C1)C2. The fraction of sp³-hybridized carbons (Fsp3) is 0.654. The predicted molar refractivity (Wildman–Crippen MR) is 133 cm³/mol. The quantitative estimate of drug-likeness (QED) is 0.601. The number of nitrogens with zero attached hydrogens (tertiary/aromatic N) is 3. The Morgan fingerprint density at radius 1 is 1.06 bits per heavy atom. The van der Waals surface area contributed by atoms with Gasteiger partial charge in [0.05, 0.1) is 0 Å². The molecule has 0 radical (unpaired) electrons. The molecule has 4 aliphatic carbocycles. The molecular weight excluding hydrogens is 452 g/mol. The van der Waals surface area contributed by atoms with E-state index in [9.17, 15) is 4.79 Å². The van der Waals surface area contributed by atoms with Crippen molar-refractivity contribution in [2.24, 2.45) is 29.1 Å². The zero-order valence-electron chi connectivity index (χ0n) is 19.1. The molecule has 1 amide bonds. The van der Waals surface area contributed by atoms with Crippen LogP contribution in [0, 0.1) is 29.1 Å². The lowest BCUT2D eigenvalue weighted by atomic mass is 9.49. The van der Waals surface area contributed by atoms with Crippen molar-refractivity contribution in [1.29, 1.82) is 0 Å². The number of hydrogen-bond acceptors (Lipinski definition) is 5. The summed E-state index contributed by atoms with van der Waals surface area (Å²) in [4.78, 5) is 20.4. The largest absolute Gasteiger partial charge is 0.355 e. The number of hydrogen-bond donors (Lipinski definition) is 1. The van der Waals surface area contributed by atoms with Gasteiger partial charge < -0.3 is 10.2 Å². The van der Waals surface area contributed by atoms with Gasteiger partial charge in [0.15, 0.2) is 0 Å². The molecule has 5 nitrogen and oxygen atoms in total. The molecule has 33 heavy (non-hydrogen) atoms. The molecule has 7 rings (SSSR count). The Morgan fingerprint density at radius 3 is 2.33 bits per heavy atom. The van der Waals surface area contributed by atoms with Gasteiger partial charge in [-0.3, -0.25) is 4.79 Å². The number of rotatable bonds is 6. The molecule has 5 aliphatic rings. The van der Waals surface area contributed by atoms with Gasteiger partial charge in [0.1, 0.15) is 5.82 Å². The van der Waals surface area contributed by atoms with Crippen molar-refractivity contribution in [3.63, 3.8) is 0 Å². The average Bonchev–Trinajstić information content (AvgIpc) is 3.27. The van der Waals surface area contributed by atoms with Crippen LogP contribution in [-0.4, -0.2) is 34.9 Å². The first-order chi connectivity index (χ1) is 16.0. The molecule has 4 saturated carbocycles. The number of amides is 1. The van der Waals surface area contributed by atoms with Crippen LogP contribution >= 0.6 is 23.1 Å². The summed E-state index contributed by atoms with van der Waals surface area (Å²) in [5, 5.41) is 5.18. The summed E-state index contributed by atoms with van der Waals surface area (Å²) < 4.78 is 4.58. The number of anilines is 1. The topological polar surface area (TPSA) is 58.1 Å². The van der Waals surface area contributed by atoms with Gasteiger partial charge in [-0.05, 0) is 92.7 Å². The van der Waals surface area contributed by atoms with E-state index in [0.717, 1.165) is 91.9 Å². The lowest BCUT2D eigenvalue weighted by Crippen LogP contribution is -2.54. The highest BCUT2D eigenvalue weighted by molar-refractivity contribution is 7.09. The molecule has 4 bridgehead atoms. The van der Waals surface area contributed by atoms with Crippen LogP contribution in [0.5, 0.6) is 0 Å². The van der Waals surface area contributed by atoms with E-state index in [2.05, 4.69) is 14.6 Å². The van der Waals surface area contributed by atoms with Crippen molar-refractivity contribution >= 4 is 34.2 Å². The molecule has 0 atom stereocenters. The minimum atomic E-state index is -0.0253. The minimum Gasteiger partial charge on any atom is -0.355 e. The molecule has 1 N–H and O–H groups in total. The molecule has 1 aromatic carbocycles. The Morgan fingerprint density at radius 2 is 1.70 bits per heavy atom. The Bertz CT molecular complexity index is 963. The van der Waals surface area contributed by atoms with Gasteiger partial charge in [-0.25, -0.2) is 4.98 Å². The third-order valence-corrected chi connectivity index (χ3v) is 9.76. The van der Waals surface area contributed by atoms with Gasteiger partial charge in [0.2, 0.25) is 11.0 Å². The Labute approximate surface area is 205 Å². The summed E-state index contributed by atoms with van der Waals surface area (Å²) in [7, 11) is 0. The van der Waals surface area contributed by atoms with Crippen LogP contribution in [0.25, 0.3) is 0 Å². The van der Waals surface area contributed by atoms with Crippen molar-refractivity contribution in [2.75, 3.05) is 24.5 Å². The molecule has 1 saturated heterocycles. The molecule has 0 spiro atoms. The lowest BCUT2D eigenvalue weighted by Gasteiger charge is -2.55. The third-order valence-electron chi connectivity index (χ3n) is 8.69. The highest BCUT2D eigenvalue weighted by atomic mass is 35.5. The Hall–Kier alpha value is -1.66. The zero-order valence-corrected chi connectivity index (χ0v) is 20.7. The van der Waals surface area contributed by atoms with Crippen LogP contribution in [0.4, 0.5) is 5.13 Å². The van der Waals surface area contributed by atoms with Crippen molar-refractivity contribution in [3.05, 3.63) is 40.7 Å². The van der Waals surface area contributed by atoms with Gasteiger partial charge >= 0.3 is 0 Å². The molecule has 0 unspecified atom stereocenters. The van der Waals surface area contributed by atoms with Crippen LogP contribution in [0.3, 0.4) is 0 Å². The second-order valence-electron chi connectivity index (χ2n) is 11.1. The Balaban J connectivity index is 0.986. The van der Waals surface area contributed by atoms with E-state index in [-0.39, 0.29) is 5.41 Å². The van der Waals surface area contributed by atoms with Gasteiger partial charge in [0, 0.05) is 48.0 Å². The minimum absolute atomic E-state index is 0.0253. The second-order valence-corrected chi connectivity index (χ2v) is 12.3. The smallest absolute Gasteiger partial charge is 0.226 e. The third kappa shape index (κ3) is 4.53. The van der Waals surface area contributed by atoms with Crippen molar-refractivity contribution in [2.45, 2.75) is 57.8 Å². The number of carbonyl (C=O) groups excluding carboxylic acids is 1. The zero-order chi connectivity index (χ0) is 22.4. The van der Waals surface area contributed by atoms with E-state index in [0.29, 0.717) is 11.8 Å². The maximum Gasteiger partial charge on any atom is 0.226 e. The van der Waals surface area contributed by atoms with Gasteiger partial charge in [-0.15, -0.1) is 0 Å². The predicted octanol–water partition coefficient (Wildman–Crippen LogP) is 5.33. The maximum absolute atomic E-state index is 13.3. The first kappa shape index (κ1) is 21.8. The summed E-state index contributed by atoms with van der Waals surface area (Å²) in [6.07, 6.45) is 10.6. The average molecular weight is 485 g/mol. The first-order valence-corrected chi connectivity index (χ1v) is 13.8. The number of nitrogens with one attached hydrogen (secondary N) is 1. The molecular formula is C26H33ClN4OS. The van der Waals surface area contributed by atoms with E-state index in [1.807, 2.05) is 24.3 Å². The first-order valence-electron chi connectivity index (χ1n) is 12.6. The monoisotopic (exact) mass is 484 g/mol. The summed E-state index contributed by atoms with van der Waals surface area (Å²) in [5.74, 6) is 4.29. The van der Waals surface area contributed by atoms with Crippen molar-refractivity contribution in [3.8, 4) is 0 Å². The normalized spacial score (nSPS) is 31.2. The second kappa shape index (κ2) is 8.84. The van der Waals surface area contributed by atoms with Crippen molar-refractivity contribution < 1.29 is 4.79 Å². The molecule has 5 fully saturated rings. The maximum atomic E-state index is 13.3. The van der Waals surface area contributed by atoms with Gasteiger partial charge in [-0.2, -0.15) is 4.37 Å². The fourth-order valence-corrected chi connectivity index (χ4v) is 8.23. The number of halogens is 1. The number of piperidine rings is 1. The standard InChI is InChI=1S/C26H33ClN4OS/c27-22-3-1-17(2-4-22)12-23-29-25(33-30-23)31-7-5-18(6-8-31)16-28-24(32)26-13-19-9-20(14-26)11-21(10-19)15-26/h1-4,18-21H,5-16H2,(H,28,32).